The third-order valence-corrected chi connectivity index (χ3v) is 2.95. The molecule has 1 aromatic carbocycles. The minimum absolute atomic E-state index is 0.00552. The van der Waals surface area contributed by atoms with Crippen molar-refractivity contribution < 1.29 is 28.9 Å². The van der Waals surface area contributed by atoms with Gasteiger partial charge in [-0.2, -0.15) is 0 Å². The molecule has 0 saturated heterocycles. The number of methoxy groups -OCH3 is 1. The molecule has 0 aromatic heterocycles. The first-order valence-corrected chi connectivity index (χ1v) is 7.68. The van der Waals surface area contributed by atoms with E-state index in [0.29, 0.717) is 5.56 Å². The molecule has 7 nitrogen and oxygen atoms in total. The summed E-state index contributed by atoms with van der Waals surface area (Å²) in [5.41, 5.74) is 0.0178. The number of benzene rings is 1. The minimum atomic E-state index is -0.908. The number of carbonyl (C=O) groups is 2. The zero-order valence-electron chi connectivity index (χ0n) is 14.7. The summed E-state index contributed by atoms with van der Waals surface area (Å²) in [6.07, 6.45) is -0.527. The van der Waals surface area contributed by atoms with Gasteiger partial charge < -0.3 is 24.6 Å². The van der Waals surface area contributed by atoms with Gasteiger partial charge in [-0.05, 0) is 45.4 Å². The van der Waals surface area contributed by atoms with Crippen LogP contribution in [0.4, 0.5) is 4.79 Å². The van der Waals surface area contributed by atoms with Crippen molar-refractivity contribution in [3.8, 4) is 11.5 Å². The van der Waals surface area contributed by atoms with Gasteiger partial charge in [0.05, 0.1) is 13.7 Å². The number of alkyl carbamates (subject to hydrolysis) is 1. The molecule has 7 heteroatoms. The van der Waals surface area contributed by atoms with Crippen LogP contribution in [0, 0.1) is 0 Å². The van der Waals surface area contributed by atoms with E-state index in [0.717, 1.165) is 0 Å². The Morgan fingerprint density at radius 1 is 1.29 bits per heavy atom. The molecule has 2 N–H and O–H groups in total. The highest BCUT2D eigenvalue weighted by Gasteiger charge is 2.26. The predicted molar refractivity (Wildman–Crippen MR) is 88.2 cm³/mol. The van der Waals surface area contributed by atoms with E-state index >= 15 is 0 Å². The first-order valence-electron chi connectivity index (χ1n) is 7.68. The highest BCUT2D eigenvalue weighted by molar-refractivity contribution is 5.81. The molecule has 0 aliphatic heterocycles. The first-order chi connectivity index (χ1) is 11.2. The van der Waals surface area contributed by atoms with E-state index in [2.05, 4.69) is 5.32 Å². The Morgan fingerprint density at radius 2 is 1.96 bits per heavy atom. The number of nitrogens with one attached hydrogen (secondary N) is 1. The summed E-state index contributed by atoms with van der Waals surface area (Å²) in [5, 5.41) is 12.1. The molecule has 0 aliphatic rings. The Labute approximate surface area is 141 Å². The number of phenolic OH excluding ortho intramolecular Hbond substituents is 1. The molecule has 1 aromatic rings. The molecule has 0 fully saturated rings. The molecule has 0 aliphatic carbocycles. The molecule has 0 spiro atoms. The molecule has 0 radical (unpaired) electrons. The van der Waals surface area contributed by atoms with Crippen molar-refractivity contribution in [2.45, 2.75) is 45.8 Å². The van der Waals surface area contributed by atoms with Gasteiger partial charge in [0.15, 0.2) is 11.5 Å². The maximum absolute atomic E-state index is 12.1. The minimum Gasteiger partial charge on any atom is -0.504 e. The second kappa shape index (κ2) is 8.42. The molecule has 0 unspecified atom stereocenters. The molecule has 24 heavy (non-hydrogen) atoms. The van der Waals surface area contributed by atoms with E-state index < -0.39 is 23.7 Å². The molecule has 134 valence electrons. The number of phenols is 1. The number of hydrogen-bond acceptors (Lipinski definition) is 6. The van der Waals surface area contributed by atoms with Crippen LogP contribution < -0.4 is 10.1 Å². The second-order valence-electron chi connectivity index (χ2n) is 6.16. The normalized spacial score (nSPS) is 12.2. The van der Waals surface area contributed by atoms with E-state index in [1.54, 1.807) is 39.8 Å². The maximum Gasteiger partial charge on any atom is 0.408 e. The van der Waals surface area contributed by atoms with Gasteiger partial charge in [0.25, 0.3) is 0 Å². The lowest BCUT2D eigenvalue weighted by molar-refractivity contribution is -0.145. The Kier molecular flexibility index (Phi) is 6.88. The van der Waals surface area contributed by atoms with Crippen molar-refractivity contribution in [2.24, 2.45) is 0 Å². The molecule has 1 atom stereocenters. The zero-order valence-corrected chi connectivity index (χ0v) is 14.7. The number of esters is 1. The zero-order chi connectivity index (χ0) is 18.3. The van der Waals surface area contributed by atoms with Gasteiger partial charge in [-0.25, -0.2) is 9.59 Å². The molecular formula is C17H25NO6. The third-order valence-electron chi connectivity index (χ3n) is 2.95. The number of carbonyl (C=O) groups excluding carboxylic acids is 2. The van der Waals surface area contributed by atoms with Crippen LogP contribution in [0.1, 0.15) is 33.3 Å². The van der Waals surface area contributed by atoms with Gasteiger partial charge in [-0.3, -0.25) is 0 Å². The van der Waals surface area contributed by atoms with Crippen LogP contribution in [0.3, 0.4) is 0 Å². The van der Waals surface area contributed by atoms with E-state index in [-0.39, 0.29) is 24.5 Å². The van der Waals surface area contributed by atoms with Crippen LogP contribution in [-0.2, 0) is 20.7 Å². The monoisotopic (exact) mass is 339 g/mol. The van der Waals surface area contributed by atoms with Gasteiger partial charge in [0, 0.05) is 6.42 Å². The van der Waals surface area contributed by atoms with Crippen LogP contribution in [0.15, 0.2) is 18.2 Å². The lowest BCUT2D eigenvalue weighted by Gasteiger charge is -2.23. The van der Waals surface area contributed by atoms with Crippen molar-refractivity contribution in [3.63, 3.8) is 0 Å². The van der Waals surface area contributed by atoms with Gasteiger partial charge >= 0.3 is 12.1 Å². The Morgan fingerprint density at radius 3 is 2.50 bits per heavy atom. The standard InChI is InChI=1S/C17H25NO6/c1-6-23-15(20)12(18-16(21)24-17(2,3)4)9-11-7-8-13(19)14(10-11)22-5/h7-8,10,12,19H,6,9H2,1-5H3,(H,18,21)/t12-/m0/s1. The van der Waals surface area contributed by atoms with Gasteiger partial charge in [-0.1, -0.05) is 6.07 Å². The molecule has 1 amide bonds. The van der Waals surface area contributed by atoms with Crippen molar-refractivity contribution in [2.75, 3.05) is 13.7 Å². The summed E-state index contributed by atoms with van der Waals surface area (Å²) in [6.45, 7) is 7.08. The quantitative estimate of drug-likeness (QED) is 0.773. The Bertz CT molecular complexity index is 579. The molecular weight excluding hydrogens is 314 g/mol. The SMILES string of the molecule is CCOC(=O)[C@H](Cc1ccc(O)c(OC)c1)NC(=O)OC(C)(C)C. The summed E-state index contributed by atoms with van der Waals surface area (Å²) in [7, 11) is 1.43. The van der Waals surface area contributed by atoms with Crippen LogP contribution in [0.5, 0.6) is 11.5 Å². The topological polar surface area (TPSA) is 94.1 Å². The fraction of sp³-hybridized carbons (Fsp3) is 0.529. The molecule has 1 rings (SSSR count). The summed E-state index contributed by atoms with van der Waals surface area (Å²) < 4.78 is 15.2. The van der Waals surface area contributed by atoms with Gasteiger partial charge in [-0.15, -0.1) is 0 Å². The fourth-order valence-electron chi connectivity index (χ4n) is 1.97. The summed E-state index contributed by atoms with van der Waals surface area (Å²) in [5.74, 6) is -0.281. The van der Waals surface area contributed by atoms with Crippen molar-refractivity contribution in [3.05, 3.63) is 23.8 Å². The third kappa shape index (κ3) is 6.36. The van der Waals surface area contributed by atoms with Crippen LogP contribution in [-0.4, -0.2) is 42.5 Å². The number of rotatable bonds is 6. The first kappa shape index (κ1) is 19.6. The lowest BCUT2D eigenvalue weighted by atomic mass is 10.1. The Hall–Kier alpha value is -2.44. The van der Waals surface area contributed by atoms with E-state index in [4.69, 9.17) is 14.2 Å². The number of hydrogen-bond donors (Lipinski definition) is 2. The fourth-order valence-corrected chi connectivity index (χ4v) is 1.97. The summed E-state index contributed by atoms with van der Waals surface area (Å²) in [6, 6.07) is 3.79. The highest BCUT2D eigenvalue weighted by atomic mass is 16.6. The summed E-state index contributed by atoms with van der Waals surface area (Å²) >= 11 is 0. The van der Waals surface area contributed by atoms with E-state index in [1.807, 2.05) is 0 Å². The summed E-state index contributed by atoms with van der Waals surface area (Å²) in [4.78, 5) is 24.0. The second-order valence-corrected chi connectivity index (χ2v) is 6.16. The smallest absolute Gasteiger partial charge is 0.408 e. The largest absolute Gasteiger partial charge is 0.504 e. The van der Waals surface area contributed by atoms with Crippen molar-refractivity contribution in [1.29, 1.82) is 0 Å². The molecule has 0 bridgehead atoms. The average molecular weight is 339 g/mol. The van der Waals surface area contributed by atoms with E-state index in [9.17, 15) is 14.7 Å². The van der Waals surface area contributed by atoms with Gasteiger partial charge in [0.1, 0.15) is 11.6 Å². The average Bonchev–Trinajstić information content (AvgIpc) is 2.46. The molecule has 0 heterocycles. The van der Waals surface area contributed by atoms with E-state index in [1.165, 1.54) is 13.2 Å². The van der Waals surface area contributed by atoms with Crippen LogP contribution in [0.25, 0.3) is 0 Å². The van der Waals surface area contributed by atoms with Crippen LogP contribution in [0.2, 0.25) is 0 Å². The van der Waals surface area contributed by atoms with Crippen molar-refractivity contribution in [1.82, 2.24) is 5.32 Å². The Balaban J connectivity index is 2.90. The lowest BCUT2D eigenvalue weighted by Crippen LogP contribution is -2.45. The van der Waals surface area contributed by atoms with Crippen LogP contribution >= 0.6 is 0 Å². The number of ether oxygens (including phenoxy) is 3. The predicted octanol–water partition coefficient (Wildman–Crippen LogP) is 2.40. The van der Waals surface area contributed by atoms with Gasteiger partial charge in [0.2, 0.25) is 0 Å². The molecule has 0 saturated carbocycles. The van der Waals surface area contributed by atoms with Crippen molar-refractivity contribution >= 4 is 12.1 Å². The highest BCUT2D eigenvalue weighted by Crippen LogP contribution is 2.26. The number of amides is 1. The number of aromatic hydroxyl groups is 1. The maximum atomic E-state index is 12.1.